The Bertz CT molecular complexity index is 307. The van der Waals surface area contributed by atoms with E-state index >= 15 is 0 Å². The predicted octanol–water partition coefficient (Wildman–Crippen LogP) is 0.444. The van der Waals surface area contributed by atoms with Crippen LogP contribution in [0.1, 0.15) is 18.2 Å². The fraction of sp³-hybridized carbons (Fsp3) is 0.700. The highest BCUT2D eigenvalue weighted by Gasteiger charge is 2.22. The highest BCUT2D eigenvalue weighted by molar-refractivity contribution is 5.06. The third-order valence-electron chi connectivity index (χ3n) is 2.68. The van der Waals surface area contributed by atoms with Crippen molar-refractivity contribution in [3.05, 3.63) is 18.0 Å². The van der Waals surface area contributed by atoms with E-state index in [1.807, 2.05) is 24.8 Å². The van der Waals surface area contributed by atoms with E-state index in [1.54, 1.807) is 6.20 Å². The second-order valence-corrected chi connectivity index (χ2v) is 3.63. The van der Waals surface area contributed by atoms with Crippen molar-refractivity contribution in [1.29, 1.82) is 0 Å². The van der Waals surface area contributed by atoms with Crippen molar-refractivity contribution in [2.75, 3.05) is 20.3 Å². The lowest BCUT2D eigenvalue weighted by Crippen LogP contribution is -2.24. The van der Waals surface area contributed by atoms with Crippen molar-refractivity contribution in [2.45, 2.75) is 18.8 Å². The number of hydrogen-bond acceptors (Lipinski definition) is 4. The van der Waals surface area contributed by atoms with Gasteiger partial charge in [0, 0.05) is 19.7 Å². The SMILES string of the molecule is CNC(CC1OCCO1)c1ccnn1C. The van der Waals surface area contributed by atoms with E-state index in [0.29, 0.717) is 13.2 Å². The first-order valence-electron chi connectivity index (χ1n) is 5.19. The number of rotatable bonds is 4. The summed E-state index contributed by atoms with van der Waals surface area (Å²) in [5.74, 6) is 0. The Labute approximate surface area is 89.4 Å². The summed E-state index contributed by atoms with van der Waals surface area (Å²) in [5.41, 5.74) is 1.15. The maximum Gasteiger partial charge on any atom is 0.159 e. The number of hydrogen-bond donors (Lipinski definition) is 1. The molecule has 2 heterocycles. The molecule has 0 aliphatic carbocycles. The average Bonchev–Trinajstić information content (AvgIpc) is 2.85. The van der Waals surface area contributed by atoms with E-state index in [9.17, 15) is 0 Å². The number of ether oxygens (including phenoxy) is 2. The zero-order valence-electron chi connectivity index (χ0n) is 9.14. The molecule has 15 heavy (non-hydrogen) atoms. The van der Waals surface area contributed by atoms with Crippen LogP contribution in [-0.4, -0.2) is 36.3 Å². The quantitative estimate of drug-likeness (QED) is 0.785. The summed E-state index contributed by atoms with van der Waals surface area (Å²) in [6, 6.07) is 2.23. The molecular formula is C10H17N3O2. The number of aryl methyl sites for hydroxylation is 1. The molecule has 1 N–H and O–H groups in total. The van der Waals surface area contributed by atoms with Crippen molar-refractivity contribution in [1.82, 2.24) is 15.1 Å². The molecule has 1 fully saturated rings. The monoisotopic (exact) mass is 211 g/mol. The summed E-state index contributed by atoms with van der Waals surface area (Å²) in [7, 11) is 3.88. The minimum atomic E-state index is -0.0858. The van der Waals surface area contributed by atoms with Crippen LogP contribution in [0.3, 0.4) is 0 Å². The minimum absolute atomic E-state index is 0.0858. The first-order valence-corrected chi connectivity index (χ1v) is 5.19. The van der Waals surface area contributed by atoms with E-state index in [4.69, 9.17) is 9.47 Å². The van der Waals surface area contributed by atoms with E-state index in [2.05, 4.69) is 10.4 Å². The summed E-state index contributed by atoms with van der Waals surface area (Å²) in [4.78, 5) is 0. The molecule has 1 aliphatic rings. The van der Waals surface area contributed by atoms with Crippen molar-refractivity contribution < 1.29 is 9.47 Å². The fourth-order valence-electron chi connectivity index (χ4n) is 1.85. The highest BCUT2D eigenvalue weighted by Crippen LogP contribution is 2.21. The highest BCUT2D eigenvalue weighted by atomic mass is 16.7. The number of nitrogens with one attached hydrogen (secondary N) is 1. The van der Waals surface area contributed by atoms with Gasteiger partial charge in [0.05, 0.1) is 24.9 Å². The van der Waals surface area contributed by atoms with Gasteiger partial charge >= 0.3 is 0 Å². The van der Waals surface area contributed by atoms with Crippen LogP contribution < -0.4 is 5.32 Å². The molecule has 1 saturated heterocycles. The molecule has 1 aliphatic heterocycles. The van der Waals surface area contributed by atoms with Crippen molar-refractivity contribution in [3.63, 3.8) is 0 Å². The van der Waals surface area contributed by atoms with Gasteiger partial charge in [0.25, 0.3) is 0 Å². The molecule has 1 atom stereocenters. The largest absolute Gasteiger partial charge is 0.350 e. The predicted molar refractivity (Wildman–Crippen MR) is 55.3 cm³/mol. The van der Waals surface area contributed by atoms with Crippen LogP contribution in [0.2, 0.25) is 0 Å². The molecule has 0 saturated carbocycles. The number of nitrogens with zero attached hydrogens (tertiary/aromatic N) is 2. The van der Waals surface area contributed by atoms with Crippen LogP contribution in [-0.2, 0) is 16.5 Å². The molecular weight excluding hydrogens is 194 g/mol. The van der Waals surface area contributed by atoms with Crippen LogP contribution in [0.4, 0.5) is 0 Å². The molecule has 1 aromatic rings. The standard InChI is InChI=1S/C10H17N3O2/c1-11-8(7-10-14-5-6-15-10)9-3-4-12-13(9)2/h3-4,8,10-11H,5-7H2,1-2H3. The zero-order valence-corrected chi connectivity index (χ0v) is 9.14. The average molecular weight is 211 g/mol. The summed E-state index contributed by atoms with van der Waals surface area (Å²) in [6.45, 7) is 1.40. The van der Waals surface area contributed by atoms with Crippen LogP contribution in [0, 0.1) is 0 Å². The Hall–Kier alpha value is -0.910. The van der Waals surface area contributed by atoms with Gasteiger partial charge in [-0.1, -0.05) is 0 Å². The van der Waals surface area contributed by atoms with E-state index in [1.165, 1.54) is 0 Å². The van der Waals surface area contributed by atoms with Crippen LogP contribution in [0.25, 0.3) is 0 Å². The molecule has 5 heteroatoms. The lowest BCUT2D eigenvalue weighted by Gasteiger charge is -2.19. The van der Waals surface area contributed by atoms with E-state index < -0.39 is 0 Å². The van der Waals surface area contributed by atoms with Gasteiger partial charge < -0.3 is 14.8 Å². The van der Waals surface area contributed by atoms with Gasteiger partial charge in [0.2, 0.25) is 0 Å². The van der Waals surface area contributed by atoms with Gasteiger partial charge in [-0.25, -0.2) is 0 Å². The van der Waals surface area contributed by atoms with Crippen LogP contribution in [0.15, 0.2) is 12.3 Å². The molecule has 0 spiro atoms. The van der Waals surface area contributed by atoms with Crippen LogP contribution in [0.5, 0.6) is 0 Å². The van der Waals surface area contributed by atoms with E-state index in [-0.39, 0.29) is 12.3 Å². The van der Waals surface area contributed by atoms with Crippen molar-refractivity contribution in [3.8, 4) is 0 Å². The van der Waals surface area contributed by atoms with Crippen molar-refractivity contribution in [2.24, 2.45) is 7.05 Å². The normalized spacial score (nSPS) is 19.6. The Morgan fingerprint density at radius 2 is 2.33 bits per heavy atom. The Balaban J connectivity index is 2.00. The van der Waals surface area contributed by atoms with Gasteiger partial charge in [-0.05, 0) is 13.1 Å². The first-order chi connectivity index (χ1) is 7.31. The van der Waals surface area contributed by atoms with Gasteiger partial charge in [-0.2, -0.15) is 5.10 Å². The lowest BCUT2D eigenvalue weighted by atomic mass is 10.1. The third-order valence-corrected chi connectivity index (χ3v) is 2.68. The third kappa shape index (κ3) is 2.37. The fourth-order valence-corrected chi connectivity index (χ4v) is 1.85. The Morgan fingerprint density at radius 1 is 1.60 bits per heavy atom. The van der Waals surface area contributed by atoms with Crippen molar-refractivity contribution >= 4 is 0 Å². The molecule has 0 amide bonds. The molecule has 0 radical (unpaired) electrons. The summed E-state index contributed by atoms with van der Waals surface area (Å²) < 4.78 is 12.7. The van der Waals surface area contributed by atoms with Gasteiger partial charge in [0.15, 0.2) is 6.29 Å². The molecule has 84 valence electrons. The second-order valence-electron chi connectivity index (χ2n) is 3.63. The summed E-state index contributed by atoms with van der Waals surface area (Å²) in [6.07, 6.45) is 2.53. The molecule has 5 nitrogen and oxygen atoms in total. The molecule has 1 unspecified atom stereocenters. The van der Waals surface area contributed by atoms with E-state index in [0.717, 1.165) is 12.1 Å². The maximum absolute atomic E-state index is 5.43. The maximum atomic E-state index is 5.43. The van der Waals surface area contributed by atoms with Gasteiger partial charge in [-0.15, -0.1) is 0 Å². The van der Waals surface area contributed by atoms with Gasteiger partial charge in [-0.3, -0.25) is 4.68 Å². The molecule has 0 aromatic carbocycles. The van der Waals surface area contributed by atoms with Crippen LogP contribution >= 0.6 is 0 Å². The smallest absolute Gasteiger partial charge is 0.159 e. The lowest BCUT2D eigenvalue weighted by molar-refractivity contribution is -0.0530. The Kier molecular flexibility index (Phi) is 3.35. The number of aromatic nitrogens is 2. The summed E-state index contributed by atoms with van der Waals surface area (Å²) >= 11 is 0. The molecule has 0 bridgehead atoms. The minimum Gasteiger partial charge on any atom is -0.350 e. The topological polar surface area (TPSA) is 48.3 Å². The molecule has 2 rings (SSSR count). The first kappa shape index (κ1) is 10.6. The van der Waals surface area contributed by atoms with Gasteiger partial charge in [0.1, 0.15) is 0 Å². The Morgan fingerprint density at radius 3 is 2.87 bits per heavy atom. The molecule has 1 aromatic heterocycles. The second kappa shape index (κ2) is 4.74. The summed E-state index contributed by atoms with van der Waals surface area (Å²) in [5, 5.41) is 7.41. The zero-order chi connectivity index (χ0) is 10.7.